The summed E-state index contributed by atoms with van der Waals surface area (Å²) in [7, 11) is 1.42. The Balaban J connectivity index is 1.90. The van der Waals surface area contributed by atoms with Gasteiger partial charge in [-0.05, 0) is 30.3 Å². The fraction of sp³-hybridized carbons (Fsp3) is 0.0667. The summed E-state index contributed by atoms with van der Waals surface area (Å²) in [6, 6.07) is 7.79. The van der Waals surface area contributed by atoms with Crippen LogP contribution in [0.15, 0.2) is 42.7 Å². The number of nitrogens with one attached hydrogen (secondary N) is 1. The number of fused-ring (bicyclic) bond motifs is 1. The van der Waals surface area contributed by atoms with Crippen molar-refractivity contribution in [1.82, 2.24) is 9.88 Å². The zero-order chi connectivity index (χ0) is 15.0. The highest BCUT2D eigenvalue weighted by Gasteiger charge is 2.33. The van der Waals surface area contributed by atoms with E-state index < -0.39 is 5.91 Å². The molecule has 0 saturated heterocycles. The van der Waals surface area contributed by atoms with E-state index in [2.05, 4.69) is 10.3 Å². The molecule has 0 saturated carbocycles. The number of aromatic nitrogens is 1. The van der Waals surface area contributed by atoms with Crippen molar-refractivity contribution < 1.29 is 14.4 Å². The van der Waals surface area contributed by atoms with E-state index >= 15 is 0 Å². The van der Waals surface area contributed by atoms with Crippen molar-refractivity contribution in [1.29, 1.82) is 0 Å². The summed E-state index contributed by atoms with van der Waals surface area (Å²) in [4.78, 5) is 40.7. The van der Waals surface area contributed by atoms with E-state index in [0.717, 1.165) is 4.90 Å². The van der Waals surface area contributed by atoms with E-state index in [9.17, 15) is 14.4 Å². The van der Waals surface area contributed by atoms with E-state index in [1.807, 2.05) is 0 Å². The second kappa shape index (κ2) is 4.82. The zero-order valence-electron chi connectivity index (χ0n) is 11.2. The topological polar surface area (TPSA) is 79.4 Å². The lowest BCUT2D eigenvalue weighted by molar-refractivity contribution is 0.0693. The zero-order valence-corrected chi connectivity index (χ0v) is 11.2. The van der Waals surface area contributed by atoms with Crippen molar-refractivity contribution in [3.8, 4) is 0 Å². The highest BCUT2D eigenvalue weighted by Crippen LogP contribution is 2.23. The van der Waals surface area contributed by atoms with Gasteiger partial charge in [0.2, 0.25) is 0 Å². The molecule has 2 aromatic rings. The number of pyridine rings is 1. The maximum atomic E-state index is 12.1. The van der Waals surface area contributed by atoms with Crippen LogP contribution in [-0.4, -0.2) is 34.7 Å². The third kappa shape index (κ3) is 2.16. The first-order valence-electron chi connectivity index (χ1n) is 6.26. The Morgan fingerprint density at radius 3 is 2.43 bits per heavy atom. The SMILES string of the molecule is CN1C(=O)c2ccc(C(=O)Nc3ccncc3)cc2C1=O. The maximum Gasteiger partial charge on any atom is 0.261 e. The molecule has 0 radical (unpaired) electrons. The third-order valence-corrected chi connectivity index (χ3v) is 3.29. The summed E-state index contributed by atoms with van der Waals surface area (Å²) < 4.78 is 0. The Morgan fingerprint density at radius 1 is 1.05 bits per heavy atom. The van der Waals surface area contributed by atoms with Crippen LogP contribution in [0.5, 0.6) is 0 Å². The fourth-order valence-corrected chi connectivity index (χ4v) is 2.14. The van der Waals surface area contributed by atoms with Crippen LogP contribution in [0.25, 0.3) is 0 Å². The van der Waals surface area contributed by atoms with Gasteiger partial charge < -0.3 is 5.32 Å². The summed E-state index contributed by atoms with van der Waals surface area (Å²) in [5.74, 6) is -1.09. The number of rotatable bonds is 2. The van der Waals surface area contributed by atoms with Gasteiger partial charge in [0.15, 0.2) is 0 Å². The fourth-order valence-electron chi connectivity index (χ4n) is 2.14. The van der Waals surface area contributed by atoms with Crippen molar-refractivity contribution in [2.45, 2.75) is 0 Å². The molecule has 21 heavy (non-hydrogen) atoms. The molecule has 0 unspecified atom stereocenters. The monoisotopic (exact) mass is 281 g/mol. The van der Waals surface area contributed by atoms with E-state index in [-0.39, 0.29) is 17.4 Å². The van der Waals surface area contributed by atoms with Crippen LogP contribution < -0.4 is 5.32 Å². The molecular formula is C15H11N3O3. The van der Waals surface area contributed by atoms with Crippen LogP contribution in [0.3, 0.4) is 0 Å². The summed E-state index contributed by atoms with van der Waals surface area (Å²) in [5.41, 5.74) is 1.50. The summed E-state index contributed by atoms with van der Waals surface area (Å²) >= 11 is 0. The van der Waals surface area contributed by atoms with Gasteiger partial charge in [-0.15, -0.1) is 0 Å². The number of carbonyl (C=O) groups is 3. The normalized spacial score (nSPS) is 13.3. The number of hydrogen-bond acceptors (Lipinski definition) is 4. The van der Waals surface area contributed by atoms with Gasteiger partial charge in [-0.3, -0.25) is 24.3 Å². The van der Waals surface area contributed by atoms with Crippen molar-refractivity contribution in [3.05, 3.63) is 59.4 Å². The molecule has 1 N–H and O–H groups in total. The predicted octanol–water partition coefficient (Wildman–Crippen LogP) is 1.56. The first kappa shape index (κ1) is 13.0. The van der Waals surface area contributed by atoms with Crippen molar-refractivity contribution in [3.63, 3.8) is 0 Å². The van der Waals surface area contributed by atoms with Crippen LogP contribution in [0, 0.1) is 0 Å². The lowest BCUT2D eigenvalue weighted by atomic mass is 10.1. The van der Waals surface area contributed by atoms with Crippen molar-refractivity contribution in [2.75, 3.05) is 12.4 Å². The molecule has 0 aliphatic carbocycles. The second-order valence-corrected chi connectivity index (χ2v) is 4.62. The quantitative estimate of drug-likeness (QED) is 0.847. The van der Waals surface area contributed by atoms with Gasteiger partial charge in [0.05, 0.1) is 11.1 Å². The van der Waals surface area contributed by atoms with Gasteiger partial charge in [-0.25, -0.2) is 0 Å². The van der Waals surface area contributed by atoms with Gasteiger partial charge in [0.25, 0.3) is 17.7 Å². The minimum Gasteiger partial charge on any atom is -0.322 e. The predicted molar refractivity (Wildman–Crippen MR) is 75.1 cm³/mol. The molecule has 0 atom stereocenters. The number of benzene rings is 1. The Morgan fingerprint density at radius 2 is 1.71 bits per heavy atom. The molecule has 1 aliphatic rings. The van der Waals surface area contributed by atoms with Crippen molar-refractivity contribution in [2.24, 2.45) is 0 Å². The minimum atomic E-state index is -0.395. The number of nitrogens with zero attached hydrogens (tertiary/aromatic N) is 2. The summed E-state index contributed by atoms with van der Waals surface area (Å²) in [6.07, 6.45) is 3.13. The number of imide groups is 1. The molecule has 3 rings (SSSR count). The smallest absolute Gasteiger partial charge is 0.261 e. The van der Waals surface area contributed by atoms with Gasteiger partial charge >= 0.3 is 0 Å². The number of anilines is 1. The number of amides is 3. The number of carbonyl (C=O) groups excluding carboxylic acids is 3. The summed E-state index contributed by atoms with van der Waals surface area (Å²) in [6.45, 7) is 0. The number of hydrogen-bond donors (Lipinski definition) is 1. The Kier molecular flexibility index (Phi) is 2.98. The Labute approximate surface area is 120 Å². The summed E-state index contributed by atoms with van der Waals surface area (Å²) in [5, 5.41) is 2.70. The maximum absolute atomic E-state index is 12.1. The third-order valence-electron chi connectivity index (χ3n) is 3.29. The van der Waals surface area contributed by atoms with Crippen LogP contribution >= 0.6 is 0 Å². The molecule has 6 nitrogen and oxygen atoms in total. The van der Waals surface area contributed by atoms with Gasteiger partial charge in [-0.2, -0.15) is 0 Å². The lowest BCUT2D eigenvalue weighted by Gasteiger charge is -2.05. The largest absolute Gasteiger partial charge is 0.322 e. The first-order chi connectivity index (χ1) is 10.1. The highest BCUT2D eigenvalue weighted by molar-refractivity contribution is 6.22. The molecule has 0 bridgehead atoms. The van der Waals surface area contributed by atoms with Crippen LogP contribution in [0.1, 0.15) is 31.1 Å². The molecule has 2 heterocycles. The molecule has 3 amide bonds. The van der Waals surface area contributed by atoms with E-state index in [0.29, 0.717) is 16.8 Å². The average Bonchev–Trinajstić information content (AvgIpc) is 2.73. The molecule has 1 aromatic carbocycles. The standard InChI is InChI=1S/C15H11N3O3/c1-18-14(20)11-3-2-9(8-12(11)15(18)21)13(19)17-10-4-6-16-7-5-10/h2-8H,1H3,(H,16,17,19). The minimum absolute atomic E-state index is 0.255. The Hall–Kier alpha value is -3.02. The molecule has 104 valence electrons. The second-order valence-electron chi connectivity index (χ2n) is 4.62. The molecule has 0 spiro atoms. The van der Waals surface area contributed by atoms with Crippen molar-refractivity contribution >= 4 is 23.4 Å². The van der Waals surface area contributed by atoms with Crippen LogP contribution in [0.2, 0.25) is 0 Å². The lowest BCUT2D eigenvalue weighted by Crippen LogP contribution is -2.24. The first-order valence-corrected chi connectivity index (χ1v) is 6.26. The van der Waals surface area contributed by atoms with E-state index in [4.69, 9.17) is 0 Å². The molecule has 0 fully saturated rings. The van der Waals surface area contributed by atoms with Gasteiger partial charge in [0.1, 0.15) is 0 Å². The molecular weight excluding hydrogens is 270 g/mol. The van der Waals surface area contributed by atoms with E-state index in [1.54, 1.807) is 24.5 Å². The highest BCUT2D eigenvalue weighted by atomic mass is 16.2. The Bertz CT molecular complexity index is 756. The van der Waals surface area contributed by atoms with E-state index in [1.165, 1.54) is 25.2 Å². The molecule has 6 heteroatoms. The van der Waals surface area contributed by atoms with Gasteiger partial charge in [-0.1, -0.05) is 0 Å². The molecule has 1 aliphatic heterocycles. The van der Waals surface area contributed by atoms with Gasteiger partial charge in [0, 0.05) is 30.7 Å². The average molecular weight is 281 g/mol. The van der Waals surface area contributed by atoms with Crippen LogP contribution in [-0.2, 0) is 0 Å². The van der Waals surface area contributed by atoms with Crippen LogP contribution in [0.4, 0.5) is 5.69 Å². The molecule has 1 aromatic heterocycles.